The van der Waals surface area contributed by atoms with Crippen molar-refractivity contribution < 1.29 is 4.74 Å². The van der Waals surface area contributed by atoms with Crippen molar-refractivity contribution >= 4 is 11.8 Å². The highest BCUT2D eigenvalue weighted by atomic mass is 32.2. The van der Waals surface area contributed by atoms with Gasteiger partial charge >= 0.3 is 0 Å². The van der Waals surface area contributed by atoms with Gasteiger partial charge < -0.3 is 4.74 Å². The van der Waals surface area contributed by atoms with Crippen LogP contribution in [0.2, 0.25) is 0 Å². The van der Waals surface area contributed by atoms with E-state index in [9.17, 15) is 0 Å². The lowest BCUT2D eigenvalue weighted by atomic mass is 9.91. The van der Waals surface area contributed by atoms with Crippen LogP contribution in [-0.4, -0.2) is 45.6 Å². The molecule has 0 N–H and O–H groups in total. The predicted octanol–water partition coefficient (Wildman–Crippen LogP) is 2.96. The zero-order valence-electron chi connectivity index (χ0n) is 11.8. The standard InChI is InChI=1S/C16H22N2OS/c1-2-5-13(4-1)18-11-16(12-18)8-15(10-20-16)19-14-6-3-7-17-9-14/h3,6-7,9,13,15H,1-2,4-5,8,10-12H2. The Labute approximate surface area is 125 Å². The summed E-state index contributed by atoms with van der Waals surface area (Å²) in [6.45, 7) is 2.57. The second-order valence-corrected chi connectivity index (χ2v) is 7.96. The molecule has 3 heterocycles. The number of aromatic nitrogens is 1. The Balaban J connectivity index is 1.31. The molecule has 1 spiro atoms. The topological polar surface area (TPSA) is 25.4 Å². The van der Waals surface area contributed by atoms with Crippen LogP contribution in [0.4, 0.5) is 0 Å². The molecule has 108 valence electrons. The quantitative estimate of drug-likeness (QED) is 0.854. The van der Waals surface area contributed by atoms with Gasteiger partial charge in [-0.25, -0.2) is 0 Å². The Kier molecular flexibility index (Phi) is 3.39. The molecule has 4 rings (SSSR count). The minimum Gasteiger partial charge on any atom is -0.488 e. The summed E-state index contributed by atoms with van der Waals surface area (Å²) in [4.78, 5) is 6.84. The van der Waals surface area contributed by atoms with Crippen molar-refractivity contribution in [3.63, 3.8) is 0 Å². The van der Waals surface area contributed by atoms with Gasteiger partial charge in [-0.3, -0.25) is 9.88 Å². The van der Waals surface area contributed by atoms with Crippen LogP contribution >= 0.6 is 11.8 Å². The SMILES string of the molecule is c1cncc(OC2CSC3(C2)CN(C2CCCC2)C3)c1. The number of hydrogen-bond donors (Lipinski definition) is 0. The van der Waals surface area contributed by atoms with Gasteiger partial charge in [0.15, 0.2) is 0 Å². The highest BCUT2D eigenvalue weighted by molar-refractivity contribution is 8.01. The van der Waals surface area contributed by atoms with Gasteiger partial charge in [0.1, 0.15) is 11.9 Å². The van der Waals surface area contributed by atoms with Gasteiger partial charge in [0.25, 0.3) is 0 Å². The van der Waals surface area contributed by atoms with E-state index in [1.807, 2.05) is 18.3 Å². The number of nitrogens with zero attached hydrogens (tertiary/aromatic N) is 2. The summed E-state index contributed by atoms with van der Waals surface area (Å²) >= 11 is 2.13. The normalized spacial score (nSPS) is 29.7. The molecule has 1 aromatic rings. The van der Waals surface area contributed by atoms with E-state index >= 15 is 0 Å². The molecule has 0 aromatic carbocycles. The zero-order chi connectivity index (χ0) is 13.4. The first kappa shape index (κ1) is 13.0. The van der Waals surface area contributed by atoms with Crippen molar-refractivity contribution in [3.8, 4) is 5.75 Å². The summed E-state index contributed by atoms with van der Waals surface area (Å²) in [7, 11) is 0. The summed E-state index contributed by atoms with van der Waals surface area (Å²) < 4.78 is 6.56. The Bertz CT molecular complexity index is 455. The predicted molar refractivity (Wildman–Crippen MR) is 82.3 cm³/mol. The molecule has 1 unspecified atom stereocenters. The van der Waals surface area contributed by atoms with Crippen LogP contribution in [0.3, 0.4) is 0 Å². The van der Waals surface area contributed by atoms with Crippen LogP contribution in [0.25, 0.3) is 0 Å². The second kappa shape index (κ2) is 5.23. The van der Waals surface area contributed by atoms with Crippen LogP contribution < -0.4 is 4.74 Å². The summed E-state index contributed by atoms with van der Waals surface area (Å²) in [5.74, 6) is 2.05. The minimum atomic E-state index is 0.370. The van der Waals surface area contributed by atoms with Crippen LogP contribution in [0.15, 0.2) is 24.5 Å². The minimum absolute atomic E-state index is 0.370. The van der Waals surface area contributed by atoms with Gasteiger partial charge in [-0.1, -0.05) is 12.8 Å². The average molecular weight is 290 g/mol. The first-order valence-electron chi connectivity index (χ1n) is 7.78. The molecule has 2 saturated heterocycles. The molecule has 3 aliphatic rings. The van der Waals surface area contributed by atoms with Crippen molar-refractivity contribution in [2.75, 3.05) is 18.8 Å². The Morgan fingerprint density at radius 1 is 1.30 bits per heavy atom. The van der Waals surface area contributed by atoms with Crippen molar-refractivity contribution in [1.82, 2.24) is 9.88 Å². The molecule has 2 aliphatic heterocycles. The molecule has 1 aromatic heterocycles. The third kappa shape index (κ3) is 2.44. The number of likely N-dealkylation sites (tertiary alicyclic amines) is 1. The van der Waals surface area contributed by atoms with Crippen molar-refractivity contribution in [3.05, 3.63) is 24.5 Å². The molecule has 3 nitrogen and oxygen atoms in total. The van der Waals surface area contributed by atoms with E-state index < -0.39 is 0 Å². The number of thioether (sulfide) groups is 1. The summed E-state index contributed by atoms with van der Waals surface area (Å²) in [5, 5.41) is 0. The first-order valence-corrected chi connectivity index (χ1v) is 8.76. The maximum absolute atomic E-state index is 6.07. The monoisotopic (exact) mass is 290 g/mol. The summed E-state index contributed by atoms with van der Waals surface area (Å²) in [6.07, 6.45) is 10.9. The van der Waals surface area contributed by atoms with E-state index in [2.05, 4.69) is 21.6 Å². The molecule has 20 heavy (non-hydrogen) atoms. The maximum Gasteiger partial charge on any atom is 0.138 e. The van der Waals surface area contributed by atoms with Gasteiger partial charge in [0, 0.05) is 42.2 Å². The lowest BCUT2D eigenvalue weighted by Gasteiger charge is -2.50. The van der Waals surface area contributed by atoms with Gasteiger partial charge in [0.2, 0.25) is 0 Å². The Morgan fingerprint density at radius 3 is 2.90 bits per heavy atom. The first-order chi connectivity index (χ1) is 9.83. The fourth-order valence-electron chi connectivity index (χ4n) is 3.93. The Hall–Kier alpha value is -0.740. The maximum atomic E-state index is 6.07. The largest absolute Gasteiger partial charge is 0.488 e. The smallest absolute Gasteiger partial charge is 0.138 e. The fraction of sp³-hybridized carbons (Fsp3) is 0.688. The summed E-state index contributed by atoms with van der Waals surface area (Å²) in [5.41, 5.74) is 0. The molecule has 0 amide bonds. The van der Waals surface area contributed by atoms with E-state index in [1.165, 1.54) is 45.2 Å². The number of pyridine rings is 1. The van der Waals surface area contributed by atoms with E-state index in [1.54, 1.807) is 6.20 Å². The lowest BCUT2D eigenvalue weighted by molar-refractivity contribution is 0.0602. The highest BCUT2D eigenvalue weighted by Crippen LogP contribution is 2.47. The van der Waals surface area contributed by atoms with Crippen LogP contribution in [-0.2, 0) is 0 Å². The second-order valence-electron chi connectivity index (χ2n) is 6.47. The Morgan fingerprint density at radius 2 is 2.15 bits per heavy atom. The molecular weight excluding hydrogens is 268 g/mol. The lowest BCUT2D eigenvalue weighted by Crippen LogP contribution is -2.61. The van der Waals surface area contributed by atoms with Crippen molar-refractivity contribution in [2.45, 2.75) is 49.0 Å². The molecule has 1 atom stereocenters. The van der Waals surface area contributed by atoms with E-state index in [0.29, 0.717) is 10.9 Å². The van der Waals surface area contributed by atoms with E-state index in [4.69, 9.17) is 4.74 Å². The fourth-order valence-corrected chi connectivity index (χ4v) is 5.47. The van der Waals surface area contributed by atoms with Crippen molar-refractivity contribution in [2.24, 2.45) is 0 Å². The van der Waals surface area contributed by atoms with Crippen molar-refractivity contribution in [1.29, 1.82) is 0 Å². The van der Waals surface area contributed by atoms with E-state index in [0.717, 1.165) is 17.5 Å². The molecule has 3 fully saturated rings. The molecule has 4 heteroatoms. The third-order valence-electron chi connectivity index (χ3n) is 4.94. The summed E-state index contributed by atoms with van der Waals surface area (Å²) in [6, 6.07) is 4.84. The molecule has 0 bridgehead atoms. The van der Waals surface area contributed by atoms with Crippen LogP contribution in [0, 0.1) is 0 Å². The van der Waals surface area contributed by atoms with E-state index in [-0.39, 0.29) is 0 Å². The third-order valence-corrected chi connectivity index (χ3v) is 6.51. The molecule has 0 radical (unpaired) electrons. The average Bonchev–Trinajstić information content (AvgIpc) is 3.07. The molecule has 1 aliphatic carbocycles. The van der Waals surface area contributed by atoms with Crippen LogP contribution in [0.5, 0.6) is 5.75 Å². The highest BCUT2D eigenvalue weighted by Gasteiger charge is 2.51. The molecule has 1 saturated carbocycles. The van der Waals surface area contributed by atoms with Gasteiger partial charge in [-0.05, 0) is 25.0 Å². The van der Waals surface area contributed by atoms with Gasteiger partial charge in [0.05, 0.1) is 6.20 Å². The number of ether oxygens (including phenoxy) is 1. The number of hydrogen-bond acceptors (Lipinski definition) is 4. The van der Waals surface area contributed by atoms with Crippen LogP contribution in [0.1, 0.15) is 32.1 Å². The number of rotatable bonds is 3. The van der Waals surface area contributed by atoms with Gasteiger partial charge in [-0.15, -0.1) is 11.8 Å². The van der Waals surface area contributed by atoms with Gasteiger partial charge in [-0.2, -0.15) is 0 Å². The molecular formula is C16H22N2OS. The zero-order valence-corrected chi connectivity index (χ0v) is 12.6.